The number of ether oxygens (including phenoxy) is 4. The largest absolute Gasteiger partial charge is 0.456 e. The van der Waals surface area contributed by atoms with Crippen LogP contribution in [0, 0.1) is 0 Å². The van der Waals surface area contributed by atoms with E-state index in [9.17, 15) is 24.4 Å². The highest BCUT2D eigenvalue weighted by atomic mass is 16.6. The van der Waals surface area contributed by atoms with Crippen molar-refractivity contribution in [3.63, 3.8) is 0 Å². The summed E-state index contributed by atoms with van der Waals surface area (Å²) in [6.07, 6.45) is -3.95. The lowest BCUT2D eigenvalue weighted by Gasteiger charge is -2.44. The predicted octanol–water partition coefficient (Wildman–Crippen LogP) is 3.03. The van der Waals surface area contributed by atoms with Crippen LogP contribution in [0.2, 0.25) is 0 Å². The fraction of sp³-hybridized carbons (Fsp3) is 0.462. The van der Waals surface area contributed by atoms with E-state index in [0.717, 1.165) is 10.8 Å². The molecule has 1 aliphatic rings. The lowest BCUT2D eigenvalue weighted by Crippen LogP contribution is -2.60. The number of carbonyl (C=O) groups is 4. The number of fused-ring (bicyclic) bond motifs is 1. The molecule has 1 N–H and O–H groups in total. The molecule has 2 aromatic carbocycles. The summed E-state index contributed by atoms with van der Waals surface area (Å²) in [4.78, 5) is 47.9. The normalized spacial score (nSPS) is 23.5. The van der Waals surface area contributed by atoms with Crippen LogP contribution in [0.1, 0.15) is 50.9 Å². The maximum absolute atomic E-state index is 12.7. The second-order valence-corrected chi connectivity index (χ2v) is 8.73. The molecule has 2 aromatic rings. The minimum Gasteiger partial charge on any atom is -0.456 e. The van der Waals surface area contributed by atoms with Crippen LogP contribution in [0.5, 0.6) is 0 Å². The first-order valence-corrected chi connectivity index (χ1v) is 11.7. The summed E-state index contributed by atoms with van der Waals surface area (Å²) in [5.74, 6) is -2.42. The van der Waals surface area contributed by atoms with Crippen LogP contribution in [0.15, 0.2) is 42.5 Å². The van der Waals surface area contributed by atoms with Crippen molar-refractivity contribution in [3.8, 4) is 0 Å². The van der Waals surface area contributed by atoms with Crippen molar-refractivity contribution in [2.45, 2.75) is 71.1 Å². The van der Waals surface area contributed by atoms with Gasteiger partial charge >= 0.3 is 17.9 Å². The molecule has 1 aliphatic heterocycles. The Balaban J connectivity index is 1.68. The van der Waals surface area contributed by atoms with E-state index in [0.29, 0.717) is 10.6 Å². The van der Waals surface area contributed by atoms with E-state index < -0.39 is 54.3 Å². The summed E-state index contributed by atoms with van der Waals surface area (Å²) >= 11 is 0. The Labute approximate surface area is 209 Å². The van der Waals surface area contributed by atoms with Crippen molar-refractivity contribution >= 4 is 34.6 Å². The second-order valence-electron chi connectivity index (χ2n) is 8.73. The highest BCUT2D eigenvalue weighted by Gasteiger charge is 2.49. The molecule has 0 radical (unpaired) electrons. The second kappa shape index (κ2) is 12.0. The zero-order valence-electron chi connectivity index (χ0n) is 20.7. The summed E-state index contributed by atoms with van der Waals surface area (Å²) in [7, 11) is 0. The number of benzene rings is 2. The molecule has 194 valence electrons. The highest BCUT2D eigenvalue weighted by Crippen LogP contribution is 2.31. The molecule has 0 aromatic heterocycles. The van der Waals surface area contributed by atoms with Crippen LogP contribution < -0.4 is 0 Å². The first kappa shape index (κ1) is 27.1. The molecule has 1 fully saturated rings. The van der Waals surface area contributed by atoms with Crippen LogP contribution in [0.3, 0.4) is 0 Å². The molecule has 10 heteroatoms. The molecule has 1 amide bonds. The maximum atomic E-state index is 12.7. The van der Waals surface area contributed by atoms with Crippen molar-refractivity contribution in [1.29, 1.82) is 0 Å². The third-order valence-corrected chi connectivity index (χ3v) is 5.86. The van der Waals surface area contributed by atoms with E-state index >= 15 is 0 Å². The third kappa shape index (κ3) is 6.79. The van der Waals surface area contributed by atoms with Crippen molar-refractivity contribution in [2.24, 2.45) is 0 Å². The molecule has 5 atom stereocenters. The maximum Gasteiger partial charge on any atom is 0.303 e. The summed E-state index contributed by atoms with van der Waals surface area (Å²) < 4.78 is 22.1. The first-order chi connectivity index (χ1) is 17.1. The van der Waals surface area contributed by atoms with E-state index in [-0.39, 0.29) is 19.4 Å². The van der Waals surface area contributed by atoms with Gasteiger partial charge < -0.3 is 18.9 Å². The zero-order chi connectivity index (χ0) is 26.4. The van der Waals surface area contributed by atoms with Crippen LogP contribution in [0.25, 0.3) is 10.8 Å². The molecule has 10 nitrogen and oxygen atoms in total. The van der Waals surface area contributed by atoms with Crippen molar-refractivity contribution < 1.29 is 43.3 Å². The number of hydrogen-bond donors (Lipinski definition) is 1. The number of amides is 1. The zero-order valence-corrected chi connectivity index (χ0v) is 20.7. The monoisotopic (exact) mass is 501 g/mol. The Morgan fingerprint density at radius 2 is 1.44 bits per heavy atom. The van der Waals surface area contributed by atoms with Crippen molar-refractivity contribution in [2.75, 3.05) is 6.54 Å². The fourth-order valence-electron chi connectivity index (χ4n) is 4.36. The van der Waals surface area contributed by atoms with E-state index in [1.807, 2.05) is 30.3 Å². The molecule has 36 heavy (non-hydrogen) atoms. The lowest BCUT2D eigenvalue weighted by atomic mass is 9.92. The van der Waals surface area contributed by atoms with Gasteiger partial charge in [-0.2, -0.15) is 0 Å². The van der Waals surface area contributed by atoms with Gasteiger partial charge in [0.25, 0.3) is 5.91 Å². The van der Waals surface area contributed by atoms with Gasteiger partial charge in [-0.25, -0.2) is 5.06 Å². The number of carbonyl (C=O) groups excluding carboxylic acids is 4. The smallest absolute Gasteiger partial charge is 0.303 e. The van der Waals surface area contributed by atoms with Gasteiger partial charge in [-0.1, -0.05) is 30.3 Å². The Hall–Kier alpha value is -3.50. The standard InChI is InChI=1S/C26H31NO9/c1-15-23(34-16(2)28)25(36-18(4)30)24(35-17(3)29)22(33-15)10-7-13-27(32)26(31)21-12-11-19-8-5-6-9-20(19)14-21/h5-6,8-9,11-12,14-15,22-25,32H,7,10,13H2,1-4H3. The summed E-state index contributed by atoms with van der Waals surface area (Å²) in [5, 5.41) is 12.9. The minimum absolute atomic E-state index is 0.0156. The average Bonchev–Trinajstić information content (AvgIpc) is 2.82. The number of esters is 3. The molecular weight excluding hydrogens is 470 g/mol. The van der Waals surface area contributed by atoms with E-state index in [1.165, 1.54) is 20.8 Å². The van der Waals surface area contributed by atoms with Crippen LogP contribution in [-0.2, 0) is 33.3 Å². The van der Waals surface area contributed by atoms with E-state index in [4.69, 9.17) is 18.9 Å². The number of hydrogen-bond acceptors (Lipinski definition) is 9. The lowest BCUT2D eigenvalue weighted by molar-refractivity contribution is -0.244. The summed E-state index contributed by atoms with van der Waals surface area (Å²) in [5.41, 5.74) is 0.343. The molecule has 0 bridgehead atoms. The van der Waals surface area contributed by atoms with Crippen molar-refractivity contribution in [3.05, 3.63) is 48.0 Å². The molecule has 3 rings (SSSR count). The summed E-state index contributed by atoms with van der Waals surface area (Å²) in [6, 6.07) is 12.8. The van der Waals surface area contributed by atoms with Gasteiger partial charge in [0, 0.05) is 32.9 Å². The van der Waals surface area contributed by atoms with Crippen LogP contribution in [0.4, 0.5) is 0 Å². The topological polar surface area (TPSA) is 129 Å². The summed E-state index contributed by atoms with van der Waals surface area (Å²) in [6.45, 7) is 5.26. The van der Waals surface area contributed by atoms with E-state index in [1.54, 1.807) is 19.1 Å². The van der Waals surface area contributed by atoms with Gasteiger partial charge in [-0.05, 0) is 42.7 Å². The SMILES string of the molecule is CC(=O)OC1C(C)OC(CCCN(O)C(=O)c2ccc3ccccc3c2)C(OC(C)=O)C1OC(C)=O. The molecule has 5 unspecified atom stereocenters. The van der Waals surface area contributed by atoms with Gasteiger partial charge in [0.1, 0.15) is 0 Å². The predicted molar refractivity (Wildman–Crippen MR) is 127 cm³/mol. The molecule has 0 aliphatic carbocycles. The average molecular weight is 502 g/mol. The molecule has 0 spiro atoms. The van der Waals surface area contributed by atoms with Crippen LogP contribution >= 0.6 is 0 Å². The minimum atomic E-state index is -1.08. The van der Waals surface area contributed by atoms with Gasteiger partial charge in [-0.15, -0.1) is 0 Å². The van der Waals surface area contributed by atoms with Gasteiger partial charge in [0.2, 0.25) is 0 Å². The molecular formula is C26H31NO9. The Bertz CT molecular complexity index is 1120. The number of rotatable bonds is 8. The van der Waals surface area contributed by atoms with Gasteiger partial charge in [-0.3, -0.25) is 24.4 Å². The number of nitrogens with zero attached hydrogens (tertiary/aromatic N) is 1. The van der Waals surface area contributed by atoms with Gasteiger partial charge in [0.15, 0.2) is 18.3 Å². The number of hydroxylamine groups is 2. The molecule has 0 saturated carbocycles. The Morgan fingerprint density at radius 3 is 2.08 bits per heavy atom. The fourth-order valence-corrected chi connectivity index (χ4v) is 4.36. The molecule has 1 saturated heterocycles. The quantitative estimate of drug-likeness (QED) is 0.251. The highest BCUT2D eigenvalue weighted by molar-refractivity contribution is 5.98. The van der Waals surface area contributed by atoms with Crippen LogP contribution in [-0.4, -0.2) is 71.2 Å². The Morgan fingerprint density at radius 1 is 0.861 bits per heavy atom. The first-order valence-electron chi connectivity index (χ1n) is 11.7. The molecule has 1 heterocycles. The van der Waals surface area contributed by atoms with Crippen molar-refractivity contribution in [1.82, 2.24) is 5.06 Å². The van der Waals surface area contributed by atoms with E-state index in [2.05, 4.69) is 0 Å². The Kier molecular flexibility index (Phi) is 9.00. The van der Waals surface area contributed by atoms with Gasteiger partial charge in [0.05, 0.1) is 12.2 Å². The third-order valence-electron chi connectivity index (χ3n) is 5.86.